The SMILES string of the molecule is O=C(O)c1[nH]nc2c1Cc1cc3c(cc1-2)OCCO3. The molecule has 0 saturated carbocycles. The third-order valence-electron chi connectivity index (χ3n) is 3.47. The molecule has 0 bridgehead atoms. The standard InChI is InChI=1S/C13H10N2O4/c16-13(17)12-8-3-6-4-9-10(19-2-1-18-9)5-7(6)11(8)14-15-12/h4-5H,1-3H2,(H,14,15)(H,16,17). The van der Waals surface area contributed by atoms with Gasteiger partial charge in [0.05, 0.1) is 5.69 Å². The van der Waals surface area contributed by atoms with E-state index in [1.807, 2.05) is 12.1 Å². The zero-order chi connectivity index (χ0) is 13.0. The lowest BCUT2D eigenvalue weighted by Crippen LogP contribution is -2.15. The summed E-state index contributed by atoms with van der Waals surface area (Å²) in [7, 11) is 0. The molecule has 96 valence electrons. The van der Waals surface area contributed by atoms with Crippen LogP contribution in [0.2, 0.25) is 0 Å². The molecule has 2 aliphatic rings. The quantitative estimate of drug-likeness (QED) is 0.690. The van der Waals surface area contributed by atoms with Crippen molar-refractivity contribution in [2.75, 3.05) is 13.2 Å². The van der Waals surface area contributed by atoms with Crippen molar-refractivity contribution in [3.05, 3.63) is 29.0 Å². The van der Waals surface area contributed by atoms with Crippen LogP contribution in [-0.2, 0) is 6.42 Å². The number of nitrogens with zero attached hydrogens (tertiary/aromatic N) is 1. The fraction of sp³-hybridized carbons (Fsp3) is 0.231. The fourth-order valence-corrected chi connectivity index (χ4v) is 2.62. The van der Waals surface area contributed by atoms with Crippen molar-refractivity contribution < 1.29 is 19.4 Å². The molecule has 1 aliphatic carbocycles. The molecule has 0 radical (unpaired) electrons. The summed E-state index contributed by atoms with van der Waals surface area (Å²) < 4.78 is 11.1. The van der Waals surface area contributed by atoms with E-state index >= 15 is 0 Å². The molecule has 2 N–H and O–H groups in total. The van der Waals surface area contributed by atoms with E-state index < -0.39 is 5.97 Å². The molecular formula is C13H10N2O4. The van der Waals surface area contributed by atoms with Crippen LogP contribution in [0.4, 0.5) is 0 Å². The number of hydrogen-bond donors (Lipinski definition) is 2. The lowest BCUT2D eigenvalue weighted by atomic mass is 10.1. The van der Waals surface area contributed by atoms with Crippen molar-refractivity contribution in [2.24, 2.45) is 0 Å². The molecule has 0 atom stereocenters. The van der Waals surface area contributed by atoms with Gasteiger partial charge in [-0.05, 0) is 17.7 Å². The van der Waals surface area contributed by atoms with E-state index in [0.29, 0.717) is 31.1 Å². The number of nitrogens with one attached hydrogen (secondary N) is 1. The van der Waals surface area contributed by atoms with Crippen LogP contribution in [-0.4, -0.2) is 34.5 Å². The van der Waals surface area contributed by atoms with Crippen LogP contribution in [0.5, 0.6) is 11.5 Å². The summed E-state index contributed by atoms with van der Waals surface area (Å²) in [6, 6.07) is 3.79. The Morgan fingerprint density at radius 3 is 2.74 bits per heavy atom. The number of carboxylic acids is 1. The minimum atomic E-state index is -0.987. The summed E-state index contributed by atoms with van der Waals surface area (Å²) in [5, 5.41) is 15.8. The van der Waals surface area contributed by atoms with E-state index in [2.05, 4.69) is 10.2 Å². The van der Waals surface area contributed by atoms with Crippen molar-refractivity contribution in [2.45, 2.75) is 6.42 Å². The number of aromatic amines is 1. The highest BCUT2D eigenvalue weighted by Crippen LogP contribution is 2.43. The second-order valence-corrected chi connectivity index (χ2v) is 4.56. The molecule has 2 heterocycles. The number of aromatic nitrogens is 2. The minimum absolute atomic E-state index is 0.158. The molecule has 1 aromatic carbocycles. The Kier molecular flexibility index (Phi) is 1.92. The van der Waals surface area contributed by atoms with Gasteiger partial charge in [0, 0.05) is 17.5 Å². The second-order valence-electron chi connectivity index (χ2n) is 4.56. The summed E-state index contributed by atoms with van der Waals surface area (Å²) in [5.74, 6) is 0.424. The van der Waals surface area contributed by atoms with Crippen LogP contribution >= 0.6 is 0 Å². The average Bonchev–Trinajstić information content (AvgIpc) is 2.94. The van der Waals surface area contributed by atoms with Crippen molar-refractivity contribution in [1.82, 2.24) is 10.2 Å². The van der Waals surface area contributed by atoms with Crippen LogP contribution in [0.1, 0.15) is 21.6 Å². The van der Waals surface area contributed by atoms with E-state index in [1.165, 1.54) is 0 Å². The van der Waals surface area contributed by atoms with Crippen molar-refractivity contribution >= 4 is 5.97 Å². The first-order valence-corrected chi connectivity index (χ1v) is 5.97. The lowest BCUT2D eigenvalue weighted by molar-refractivity contribution is 0.0689. The predicted octanol–water partition coefficient (Wildman–Crippen LogP) is 1.45. The first-order chi connectivity index (χ1) is 9.24. The third-order valence-corrected chi connectivity index (χ3v) is 3.47. The fourth-order valence-electron chi connectivity index (χ4n) is 2.62. The van der Waals surface area contributed by atoms with Crippen molar-refractivity contribution in [3.8, 4) is 22.8 Å². The Morgan fingerprint density at radius 2 is 2.00 bits per heavy atom. The van der Waals surface area contributed by atoms with Crippen LogP contribution in [0.25, 0.3) is 11.3 Å². The first-order valence-electron chi connectivity index (χ1n) is 5.97. The highest BCUT2D eigenvalue weighted by atomic mass is 16.6. The van der Waals surface area contributed by atoms with E-state index in [-0.39, 0.29) is 5.69 Å². The van der Waals surface area contributed by atoms with Gasteiger partial charge in [0.25, 0.3) is 0 Å². The summed E-state index contributed by atoms with van der Waals surface area (Å²) in [5.41, 5.74) is 3.53. The molecule has 4 rings (SSSR count). The Morgan fingerprint density at radius 1 is 1.26 bits per heavy atom. The maximum Gasteiger partial charge on any atom is 0.354 e. The molecule has 0 amide bonds. The number of rotatable bonds is 1. The number of benzene rings is 1. The highest BCUT2D eigenvalue weighted by molar-refractivity contribution is 5.92. The molecule has 0 unspecified atom stereocenters. The summed E-state index contributed by atoms with van der Waals surface area (Å²) in [6.45, 7) is 1.07. The van der Waals surface area contributed by atoms with Gasteiger partial charge in [-0.15, -0.1) is 0 Å². The monoisotopic (exact) mass is 258 g/mol. The van der Waals surface area contributed by atoms with Crippen molar-refractivity contribution in [3.63, 3.8) is 0 Å². The van der Waals surface area contributed by atoms with Crippen LogP contribution < -0.4 is 9.47 Å². The summed E-state index contributed by atoms with van der Waals surface area (Å²) in [4.78, 5) is 11.1. The molecule has 0 fully saturated rings. The maximum atomic E-state index is 11.1. The smallest absolute Gasteiger partial charge is 0.354 e. The average molecular weight is 258 g/mol. The molecule has 19 heavy (non-hydrogen) atoms. The zero-order valence-corrected chi connectivity index (χ0v) is 9.90. The third kappa shape index (κ3) is 1.36. The van der Waals surface area contributed by atoms with E-state index in [0.717, 1.165) is 22.4 Å². The van der Waals surface area contributed by atoms with Gasteiger partial charge in [0.1, 0.15) is 18.9 Å². The van der Waals surface area contributed by atoms with Crippen LogP contribution in [0, 0.1) is 0 Å². The topological polar surface area (TPSA) is 84.4 Å². The van der Waals surface area contributed by atoms with Crippen LogP contribution in [0.3, 0.4) is 0 Å². The minimum Gasteiger partial charge on any atom is -0.486 e. The number of ether oxygens (including phenoxy) is 2. The number of aromatic carboxylic acids is 1. The molecule has 0 spiro atoms. The molecule has 6 heteroatoms. The van der Waals surface area contributed by atoms with E-state index in [9.17, 15) is 4.79 Å². The largest absolute Gasteiger partial charge is 0.486 e. The van der Waals surface area contributed by atoms with E-state index in [4.69, 9.17) is 14.6 Å². The Balaban J connectivity index is 1.88. The number of H-pyrrole nitrogens is 1. The molecule has 0 saturated heterocycles. The normalized spacial score (nSPS) is 14.9. The molecular weight excluding hydrogens is 248 g/mol. The second kappa shape index (κ2) is 3.50. The van der Waals surface area contributed by atoms with Gasteiger partial charge < -0.3 is 14.6 Å². The molecule has 2 aromatic rings. The van der Waals surface area contributed by atoms with Gasteiger partial charge in [-0.25, -0.2) is 4.79 Å². The molecule has 1 aliphatic heterocycles. The van der Waals surface area contributed by atoms with Crippen molar-refractivity contribution in [1.29, 1.82) is 0 Å². The number of fused-ring (bicyclic) bond motifs is 4. The van der Waals surface area contributed by atoms with Gasteiger partial charge in [-0.2, -0.15) is 5.10 Å². The Labute approximate surface area is 108 Å². The van der Waals surface area contributed by atoms with Crippen LogP contribution in [0.15, 0.2) is 12.1 Å². The predicted molar refractivity (Wildman–Crippen MR) is 64.8 cm³/mol. The van der Waals surface area contributed by atoms with Gasteiger partial charge in [-0.3, -0.25) is 5.10 Å². The molecule has 1 aromatic heterocycles. The van der Waals surface area contributed by atoms with Gasteiger partial charge >= 0.3 is 5.97 Å². The maximum absolute atomic E-state index is 11.1. The highest BCUT2D eigenvalue weighted by Gasteiger charge is 2.29. The Hall–Kier alpha value is -2.50. The number of carbonyl (C=O) groups is 1. The molecule has 6 nitrogen and oxygen atoms in total. The number of carboxylic acid groups (broad SMARTS) is 1. The number of hydrogen-bond acceptors (Lipinski definition) is 4. The lowest BCUT2D eigenvalue weighted by Gasteiger charge is -2.19. The summed E-state index contributed by atoms with van der Waals surface area (Å²) >= 11 is 0. The van der Waals surface area contributed by atoms with Gasteiger partial charge in [0.2, 0.25) is 0 Å². The zero-order valence-electron chi connectivity index (χ0n) is 9.90. The van der Waals surface area contributed by atoms with E-state index in [1.54, 1.807) is 0 Å². The Bertz CT molecular complexity index is 705. The summed E-state index contributed by atoms with van der Waals surface area (Å²) in [6.07, 6.45) is 0.555. The first kappa shape index (κ1) is 10.4. The van der Waals surface area contributed by atoms with Gasteiger partial charge in [0.15, 0.2) is 11.5 Å². The van der Waals surface area contributed by atoms with Gasteiger partial charge in [-0.1, -0.05) is 0 Å².